The highest BCUT2D eigenvalue weighted by molar-refractivity contribution is 6.62. The van der Waals surface area contributed by atoms with Crippen LogP contribution in [-0.2, 0) is 9.31 Å². The van der Waals surface area contributed by atoms with Crippen LogP contribution in [0.25, 0.3) is 22.1 Å². The summed E-state index contributed by atoms with van der Waals surface area (Å²) in [6.07, 6.45) is 0. The minimum atomic E-state index is -0.520. The predicted octanol–water partition coefficient (Wildman–Crippen LogP) is 4.38. The topological polar surface area (TPSA) is 57.9 Å². The summed E-state index contributed by atoms with van der Waals surface area (Å²) in [7, 11) is 1.09. The van der Waals surface area contributed by atoms with Crippen molar-refractivity contribution >= 4 is 23.4 Å². The minimum absolute atomic E-state index is 0.369. The average Bonchev–Trinajstić information content (AvgIpc) is 2.89. The van der Waals surface area contributed by atoms with Crippen LogP contribution in [0.3, 0.4) is 0 Å². The molecule has 0 atom stereocenters. The van der Waals surface area contributed by atoms with E-state index in [-0.39, 0.29) is 5.63 Å². The zero-order valence-electron chi connectivity index (χ0n) is 18.6. The molecule has 0 amide bonds. The van der Waals surface area contributed by atoms with Gasteiger partial charge in [-0.1, -0.05) is 23.8 Å². The van der Waals surface area contributed by atoms with Crippen LogP contribution in [0.5, 0.6) is 5.75 Å². The van der Waals surface area contributed by atoms with Gasteiger partial charge in [0.2, 0.25) is 0 Å². The Kier molecular flexibility index (Phi) is 4.83. The van der Waals surface area contributed by atoms with E-state index in [2.05, 4.69) is 0 Å². The second-order valence-corrected chi connectivity index (χ2v) is 9.00. The molecule has 30 heavy (non-hydrogen) atoms. The standard InChI is InChI=1S/C24H27BO5/c1-14-8-9-16-12-20(28-22(26)18(16)10-14)19-13-17(11-15(2)21(19)27-7)25-29-23(3,4)24(5,6)30-25/h8-13H,1-7H3. The Balaban J connectivity index is 1.87. The van der Waals surface area contributed by atoms with Gasteiger partial charge < -0.3 is 18.5 Å². The first-order chi connectivity index (χ1) is 14.0. The molecule has 156 valence electrons. The molecule has 1 fully saturated rings. The summed E-state index contributed by atoms with van der Waals surface area (Å²) in [4.78, 5) is 12.7. The Morgan fingerprint density at radius 3 is 2.23 bits per heavy atom. The molecule has 2 aromatic carbocycles. The molecule has 6 heteroatoms. The molecule has 1 aromatic heterocycles. The number of rotatable bonds is 3. The fourth-order valence-electron chi connectivity index (χ4n) is 3.80. The maximum absolute atomic E-state index is 12.7. The van der Waals surface area contributed by atoms with Crippen molar-refractivity contribution in [2.24, 2.45) is 0 Å². The SMILES string of the molecule is COc1c(C)cc(B2OC(C)(C)C(C)(C)O2)cc1-c1cc2ccc(C)cc2c(=O)o1. The molecule has 5 nitrogen and oxygen atoms in total. The molecule has 0 bridgehead atoms. The molecule has 0 radical (unpaired) electrons. The Morgan fingerprint density at radius 2 is 1.60 bits per heavy atom. The van der Waals surface area contributed by atoms with Gasteiger partial charge in [-0.15, -0.1) is 0 Å². The maximum Gasteiger partial charge on any atom is 0.494 e. The number of benzene rings is 2. The first-order valence-electron chi connectivity index (χ1n) is 10.1. The van der Waals surface area contributed by atoms with Gasteiger partial charge in [0.05, 0.1) is 29.3 Å². The third-order valence-electron chi connectivity index (χ3n) is 6.21. The largest absolute Gasteiger partial charge is 0.496 e. The Hall–Kier alpha value is -2.57. The van der Waals surface area contributed by atoms with E-state index >= 15 is 0 Å². The van der Waals surface area contributed by atoms with Gasteiger partial charge in [0.25, 0.3) is 0 Å². The summed E-state index contributed by atoms with van der Waals surface area (Å²) < 4.78 is 23.8. The molecule has 4 rings (SSSR count). The third-order valence-corrected chi connectivity index (χ3v) is 6.21. The van der Waals surface area contributed by atoms with E-state index in [0.717, 1.165) is 22.0 Å². The zero-order valence-corrected chi connectivity index (χ0v) is 18.6. The summed E-state index contributed by atoms with van der Waals surface area (Å²) >= 11 is 0. The lowest BCUT2D eigenvalue weighted by Crippen LogP contribution is -2.41. The van der Waals surface area contributed by atoms with Crippen molar-refractivity contribution in [3.63, 3.8) is 0 Å². The van der Waals surface area contributed by atoms with Gasteiger partial charge >= 0.3 is 12.7 Å². The molecule has 0 aliphatic carbocycles. The van der Waals surface area contributed by atoms with E-state index < -0.39 is 18.3 Å². The van der Waals surface area contributed by atoms with Gasteiger partial charge in [-0.2, -0.15) is 0 Å². The zero-order chi connectivity index (χ0) is 21.8. The lowest BCUT2D eigenvalue weighted by molar-refractivity contribution is 0.00578. The molecule has 1 saturated heterocycles. The van der Waals surface area contributed by atoms with E-state index in [1.165, 1.54) is 0 Å². The molecule has 3 aromatic rings. The normalized spacial score (nSPS) is 17.5. The van der Waals surface area contributed by atoms with Crippen molar-refractivity contribution in [1.29, 1.82) is 0 Å². The van der Waals surface area contributed by atoms with Crippen LogP contribution in [0.15, 0.2) is 45.6 Å². The van der Waals surface area contributed by atoms with Crippen LogP contribution in [0, 0.1) is 13.8 Å². The maximum atomic E-state index is 12.7. The first kappa shape index (κ1) is 20.7. The van der Waals surface area contributed by atoms with Crippen molar-refractivity contribution < 1.29 is 18.5 Å². The second-order valence-electron chi connectivity index (χ2n) is 9.00. The van der Waals surface area contributed by atoms with Crippen molar-refractivity contribution in [2.75, 3.05) is 7.11 Å². The minimum Gasteiger partial charge on any atom is -0.496 e. The Bertz CT molecular complexity index is 1180. The lowest BCUT2D eigenvalue weighted by Gasteiger charge is -2.32. The summed E-state index contributed by atoms with van der Waals surface area (Å²) in [5.74, 6) is 1.11. The van der Waals surface area contributed by atoms with Crippen LogP contribution in [-0.4, -0.2) is 25.4 Å². The van der Waals surface area contributed by atoms with Gasteiger partial charge in [-0.05, 0) is 76.2 Å². The predicted molar refractivity (Wildman–Crippen MR) is 120 cm³/mol. The molecule has 0 unspecified atom stereocenters. The molecule has 1 aliphatic heterocycles. The third kappa shape index (κ3) is 3.34. The molecule has 0 N–H and O–H groups in total. The van der Waals surface area contributed by atoms with E-state index in [4.69, 9.17) is 18.5 Å². The highest BCUT2D eigenvalue weighted by atomic mass is 16.7. The fourth-order valence-corrected chi connectivity index (χ4v) is 3.80. The van der Waals surface area contributed by atoms with E-state index in [0.29, 0.717) is 22.5 Å². The smallest absolute Gasteiger partial charge is 0.494 e. The van der Waals surface area contributed by atoms with Crippen molar-refractivity contribution in [1.82, 2.24) is 0 Å². The van der Waals surface area contributed by atoms with Gasteiger partial charge in [0.1, 0.15) is 11.5 Å². The fraction of sp³-hybridized carbons (Fsp3) is 0.375. The van der Waals surface area contributed by atoms with Crippen LogP contribution < -0.4 is 15.8 Å². The summed E-state index contributed by atoms with van der Waals surface area (Å²) in [5, 5.41) is 1.39. The highest BCUT2D eigenvalue weighted by Gasteiger charge is 2.51. The first-order valence-corrected chi connectivity index (χ1v) is 10.1. The number of aryl methyl sites for hydroxylation is 2. The molecule has 0 spiro atoms. The Labute approximate surface area is 177 Å². The van der Waals surface area contributed by atoms with Crippen molar-refractivity contribution in [3.8, 4) is 17.1 Å². The Morgan fingerprint density at radius 1 is 0.933 bits per heavy atom. The van der Waals surface area contributed by atoms with Crippen LogP contribution in [0.1, 0.15) is 38.8 Å². The van der Waals surface area contributed by atoms with Crippen molar-refractivity contribution in [3.05, 3.63) is 57.9 Å². The van der Waals surface area contributed by atoms with E-state index in [1.807, 2.05) is 77.9 Å². The number of hydrogen-bond donors (Lipinski definition) is 0. The molecule has 0 saturated carbocycles. The van der Waals surface area contributed by atoms with Crippen LogP contribution in [0.4, 0.5) is 0 Å². The van der Waals surface area contributed by atoms with E-state index in [9.17, 15) is 4.79 Å². The van der Waals surface area contributed by atoms with Crippen LogP contribution >= 0.6 is 0 Å². The lowest BCUT2D eigenvalue weighted by atomic mass is 9.77. The summed E-state index contributed by atoms with van der Waals surface area (Å²) in [5.41, 5.74) is 2.21. The van der Waals surface area contributed by atoms with Crippen molar-refractivity contribution in [2.45, 2.75) is 52.7 Å². The van der Waals surface area contributed by atoms with Crippen LogP contribution in [0.2, 0.25) is 0 Å². The number of methoxy groups -OCH3 is 1. The van der Waals surface area contributed by atoms with Gasteiger partial charge in [-0.25, -0.2) is 4.79 Å². The number of hydrogen-bond acceptors (Lipinski definition) is 5. The highest BCUT2D eigenvalue weighted by Crippen LogP contribution is 2.38. The molecular formula is C24H27BO5. The molecule has 1 aliphatic rings. The quantitative estimate of drug-likeness (QED) is 0.604. The van der Waals surface area contributed by atoms with Gasteiger partial charge in [0.15, 0.2) is 0 Å². The summed E-state index contributed by atoms with van der Waals surface area (Å²) in [6, 6.07) is 11.5. The number of fused-ring (bicyclic) bond motifs is 1. The molecule has 2 heterocycles. The van der Waals surface area contributed by atoms with E-state index in [1.54, 1.807) is 7.11 Å². The van der Waals surface area contributed by atoms with Gasteiger partial charge in [0, 0.05) is 0 Å². The second kappa shape index (κ2) is 7.00. The number of ether oxygens (including phenoxy) is 1. The average molecular weight is 406 g/mol. The van der Waals surface area contributed by atoms with Gasteiger partial charge in [-0.3, -0.25) is 0 Å². The summed E-state index contributed by atoms with van der Waals surface area (Å²) in [6.45, 7) is 12.0. The monoisotopic (exact) mass is 406 g/mol. The molecular weight excluding hydrogens is 379 g/mol.